The van der Waals surface area contributed by atoms with Crippen LogP contribution in [0, 0.1) is 0 Å². The third-order valence-corrected chi connectivity index (χ3v) is 5.81. The van der Waals surface area contributed by atoms with Gasteiger partial charge in [0.1, 0.15) is 11.8 Å². The summed E-state index contributed by atoms with van der Waals surface area (Å²) in [5, 5.41) is 3.05. The lowest BCUT2D eigenvalue weighted by Crippen LogP contribution is -2.51. The SMILES string of the molecule is CCCCNC(=O)[C@H](Cc1ccccc1)N(Cc1ccccc1)C(=O)Cc1ccc(OC)cc1. The Labute approximate surface area is 202 Å². The van der Waals surface area contributed by atoms with Crippen LogP contribution in [0.25, 0.3) is 0 Å². The van der Waals surface area contributed by atoms with E-state index in [4.69, 9.17) is 4.74 Å². The second-order valence-electron chi connectivity index (χ2n) is 8.38. The van der Waals surface area contributed by atoms with Crippen molar-refractivity contribution in [2.24, 2.45) is 0 Å². The highest BCUT2D eigenvalue weighted by molar-refractivity contribution is 5.88. The first kappa shape index (κ1) is 25.0. The maximum absolute atomic E-state index is 13.7. The van der Waals surface area contributed by atoms with Crippen LogP contribution in [0.5, 0.6) is 5.75 Å². The highest BCUT2D eigenvalue weighted by Gasteiger charge is 2.30. The van der Waals surface area contributed by atoms with E-state index < -0.39 is 6.04 Å². The molecule has 5 heteroatoms. The maximum atomic E-state index is 13.7. The van der Waals surface area contributed by atoms with Gasteiger partial charge in [0.2, 0.25) is 11.8 Å². The summed E-state index contributed by atoms with van der Waals surface area (Å²) in [5.74, 6) is 0.548. The average Bonchev–Trinajstić information content (AvgIpc) is 2.88. The summed E-state index contributed by atoms with van der Waals surface area (Å²) >= 11 is 0. The molecule has 1 N–H and O–H groups in total. The molecule has 2 amide bonds. The van der Waals surface area contributed by atoms with Gasteiger partial charge >= 0.3 is 0 Å². The fourth-order valence-corrected chi connectivity index (χ4v) is 3.86. The van der Waals surface area contributed by atoms with Crippen molar-refractivity contribution in [1.29, 1.82) is 0 Å². The molecule has 0 bridgehead atoms. The summed E-state index contributed by atoms with van der Waals surface area (Å²) in [6.45, 7) is 3.06. The van der Waals surface area contributed by atoms with Crippen LogP contribution in [0.4, 0.5) is 0 Å². The molecule has 0 aliphatic rings. The van der Waals surface area contributed by atoms with E-state index >= 15 is 0 Å². The number of ether oxygens (including phenoxy) is 1. The van der Waals surface area contributed by atoms with Gasteiger partial charge in [-0.1, -0.05) is 86.1 Å². The zero-order chi connectivity index (χ0) is 24.2. The van der Waals surface area contributed by atoms with Gasteiger partial charge in [0.05, 0.1) is 13.5 Å². The molecular weight excluding hydrogens is 424 g/mol. The number of unbranched alkanes of at least 4 members (excludes halogenated alkanes) is 1. The Kier molecular flexibility index (Phi) is 9.71. The zero-order valence-electron chi connectivity index (χ0n) is 20.1. The van der Waals surface area contributed by atoms with Gasteiger partial charge in [-0.2, -0.15) is 0 Å². The molecule has 0 fully saturated rings. The lowest BCUT2D eigenvalue weighted by Gasteiger charge is -2.31. The Morgan fingerprint density at radius 2 is 1.47 bits per heavy atom. The summed E-state index contributed by atoms with van der Waals surface area (Å²) in [6, 6.07) is 26.6. The molecule has 0 aromatic heterocycles. The van der Waals surface area contributed by atoms with E-state index in [9.17, 15) is 9.59 Å². The Morgan fingerprint density at radius 3 is 2.06 bits per heavy atom. The number of nitrogens with one attached hydrogen (secondary N) is 1. The minimum Gasteiger partial charge on any atom is -0.497 e. The first-order valence-corrected chi connectivity index (χ1v) is 11.9. The molecule has 0 spiro atoms. The summed E-state index contributed by atoms with van der Waals surface area (Å²) in [4.78, 5) is 28.8. The number of benzene rings is 3. The number of methoxy groups -OCH3 is 1. The topological polar surface area (TPSA) is 58.6 Å². The highest BCUT2D eigenvalue weighted by atomic mass is 16.5. The van der Waals surface area contributed by atoms with E-state index in [-0.39, 0.29) is 18.2 Å². The minimum atomic E-state index is -0.606. The zero-order valence-corrected chi connectivity index (χ0v) is 20.1. The van der Waals surface area contributed by atoms with Crippen LogP contribution in [-0.4, -0.2) is 36.4 Å². The average molecular weight is 459 g/mol. The van der Waals surface area contributed by atoms with Gasteiger partial charge in [-0.15, -0.1) is 0 Å². The van der Waals surface area contributed by atoms with Gasteiger partial charge in [0.25, 0.3) is 0 Å². The molecule has 0 heterocycles. The van der Waals surface area contributed by atoms with Gasteiger partial charge in [-0.25, -0.2) is 0 Å². The van der Waals surface area contributed by atoms with Gasteiger partial charge in [-0.3, -0.25) is 9.59 Å². The van der Waals surface area contributed by atoms with E-state index in [1.807, 2.05) is 84.9 Å². The van der Waals surface area contributed by atoms with E-state index in [0.29, 0.717) is 19.5 Å². The third kappa shape index (κ3) is 7.48. The summed E-state index contributed by atoms with van der Waals surface area (Å²) in [6.07, 6.45) is 2.57. The standard InChI is InChI=1S/C29H34N2O3/c1-3-4-19-30-29(33)27(20-23-11-7-5-8-12-23)31(22-25-13-9-6-10-14-25)28(32)21-24-15-17-26(34-2)18-16-24/h5-18,27H,3-4,19-22H2,1-2H3,(H,30,33)/t27-/m0/s1. The van der Waals surface area contributed by atoms with Gasteiger partial charge < -0.3 is 15.0 Å². The quantitative estimate of drug-likeness (QED) is 0.397. The van der Waals surface area contributed by atoms with E-state index in [1.165, 1.54) is 0 Å². The molecule has 34 heavy (non-hydrogen) atoms. The van der Waals surface area contributed by atoms with Crippen molar-refractivity contribution in [3.05, 3.63) is 102 Å². The Bertz CT molecular complexity index is 1020. The molecule has 0 radical (unpaired) electrons. The van der Waals surface area contributed by atoms with Gasteiger partial charge in [0.15, 0.2) is 0 Å². The van der Waals surface area contributed by atoms with Crippen LogP contribution in [0.2, 0.25) is 0 Å². The van der Waals surface area contributed by atoms with Crippen LogP contribution in [0.3, 0.4) is 0 Å². The Hall–Kier alpha value is -3.60. The Balaban J connectivity index is 1.90. The fourth-order valence-electron chi connectivity index (χ4n) is 3.86. The van der Waals surface area contributed by atoms with Crippen molar-refractivity contribution in [2.45, 2.75) is 45.2 Å². The van der Waals surface area contributed by atoms with Crippen LogP contribution in [0.1, 0.15) is 36.5 Å². The molecular formula is C29H34N2O3. The summed E-state index contributed by atoms with van der Waals surface area (Å²) < 4.78 is 5.24. The molecule has 5 nitrogen and oxygen atoms in total. The van der Waals surface area contributed by atoms with Crippen molar-refractivity contribution in [1.82, 2.24) is 10.2 Å². The Morgan fingerprint density at radius 1 is 0.853 bits per heavy atom. The third-order valence-electron chi connectivity index (χ3n) is 5.81. The molecule has 3 aromatic rings. The fraction of sp³-hybridized carbons (Fsp3) is 0.310. The second kappa shape index (κ2) is 13.2. The largest absolute Gasteiger partial charge is 0.497 e. The van der Waals surface area contributed by atoms with Crippen molar-refractivity contribution in [2.75, 3.05) is 13.7 Å². The van der Waals surface area contributed by atoms with Crippen LogP contribution in [-0.2, 0) is 29.0 Å². The summed E-state index contributed by atoms with van der Waals surface area (Å²) in [5.41, 5.74) is 2.90. The molecule has 1 atom stereocenters. The molecule has 0 saturated carbocycles. The van der Waals surface area contributed by atoms with Crippen molar-refractivity contribution >= 4 is 11.8 Å². The van der Waals surface area contributed by atoms with E-state index in [0.717, 1.165) is 35.3 Å². The highest BCUT2D eigenvalue weighted by Crippen LogP contribution is 2.18. The maximum Gasteiger partial charge on any atom is 0.243 e. The normalized spacial score (nSPS) is 11.5. The lowest BCUT2D eigenvalue weighted by molar-refractivity contribution is -0.140. The van der Waals surface area contributed by atoms with E-state index in [1.54, 1.807) is 12.0 Å². The molecule has 3 rings (SSSR count). The summed E-state index contributed by atoms with van der Waals surface area (Å²) in [7, 11) is 1.62. The molecule has 3 aromatic carbocycles. The number of rotatable bonds is 12. The smallest absolute Gasteiger partial charge is 0.243 e. The van der Waals surface area contributed by atoms with Crippen molar-refractivity contribution < 1.29 is 14.3 Å². The minimum absolute atomic E-state index is 0.0828. The second-order valence-corrected chi connectivity index (χ2v) is 8.38. The van der Waals surface area contributed by atoms with Crippen molar-refractivity contribution in [3.63, 3.8) is 0 Å². The first-order chi connectivity index (χ1) is 16.6. The van der Waals surface area contributed by atoms with Crippen LogP contribution < -0.4 is 10.1 Å². The lowest BCUT2D eigenvalue weighted by atomic mass is 10.0. The van der Waals surface area contributed by atoms with Crippen LogP contribution in [0.15, 0.2) is 84.9 Å². The number of carbonyl (C=O) groups excluding carboxylic acids is 2. The number of amides is 2. The predicted octanol–water partition coefficient (Wildman–Crippen LogP) is 4.79. The number of carbonyl (C=O) groups is 2. The number of hydrogen-bond donors (Lipinski definition) is 1. The first-order valence-electron chi connectivity index (χ1n) is 11.9. The monoisotopic (exact) mass is 458 g/mol. The number of hydrogen-bond acceptors (Lipinski definition) is 3. The molecule has 0 aliphatic carbocycles. The molecule has 178 valence electrons. The molecule has 0 unspecified atom stereocenters. The van der Waals surface area contributed by atoms with Gasteiger partial charge in [-0.05, 0) is 35.2 Å². The molecule has 0 aliphatic heterocycles. The van der Waals surface area contributed by atoms with Crippen molar-refractivity contribution in [3.8, 4) is 5.75 Å². The van der Waals surface area contributed by atoms with E-state index in [2.05, 4.69) is 12.2 Å². The van der Waals surface area contributed by atoms with Gasteiger partial charge in [0, 0.05) is 19.5 Å². The molecule has 0 saturated heterocycles. The predicted molar refractivity (Wildman–Crippen MR) is 136 cm³/mol. The number of nitrogens with zero attached hydrogens (tertiary/aromatic N) is 1. The van der Waals surface area contributed by atoms with Crippen LogP contribution >= 0.6 is 0 Å².